The second-order valence-corrected chi connectivity index (χ2v) is 3.83. The molecule has 100 valence electrons. The van der Waals surface area contributed by atoms with E-state index in [4.69, 9.17) is 4.74 Å². The van der Waals surface area contributed by atoms with Gasteiger partial charge in [-0.05, 0) is 13.0 Å². The highest BCUT2D eigenvalue weighted by Crippen LogP contribution is 2.12. The quantitative estimate of drug-likeness (QED) is 0.817. The van der Waals surface area contributed by atoms with E-state index >= 15 is 0 Å². The van der Waals surface area contributed by atoms with Gasteiger partial charge in [0, 0.05) is 36.8 Å². The van der Waals surface area contributed by atoms with E-state index < -0.39 is 6.10 Å². The first kappa shape index (κ1) is 13.2. The van der Waals surface area contributed by atoms with Crippen molar-refractivity contribution in [1.82, 2.24) is 15.0 Å². The van der Waals surface area contributed by atoms with Crippen LogP contribution in [0.15, 0.2) is 36.8 Å². The maximum Gasteiger partial charge on any atom is 0.226 e. The largest absolute Gasteiger partial charge is 0.478 e. The van der Waals surface area contributed by atoms with Gasteiger partial charge < -0.3 is 15.2 Å². The molecular weight excluding hydrogens is 244 g/mol. The van der Waals surface area contributed by atoms with Crippen molar-refractivity contribution in [3.63, 3.8) is 0 Å². The molecule has 0 aliphatic heterocycles. The molecule has 6 heteroatoms. The summed E-state index contributed by atoms with van der Waals surface area (Å²) in [4.78, 5) is 12.2. The van der Waals surface area contributed by atoms with E-state index in [1.165, 1.54) is 0 Å². The number of nitrogens with zero attached hydrogens (tertiary/aromatic N) is 3. The minimum atomic E-state index is -0.659. The normalized spacial score (nSPS) is 11.9. The number of nitrogens with one attached hydrogen (secondary N) is 1. The van der Waals surface area contributed by atoms with E-state index in [9.17, 15) is 5.11 Å². The van der Waals surface area contributed by atoms with Crippen molar-refractivity contribution in [2.45, 2.75) is 13.0 Å². The third-order valence-corrected chi connectivity index (χ3v) is 2.44. The fourth-order valence-corrected chi connectivity index (χ4v) is 1.53. The third-order valence-electron chi connectivity index (χ3n) is 2.44. The average Bonchev–Trinajstić information content (AvgIpc) is 2.46. The van der Waals surface area contributed by atoms with E-state index in [1.807, 2.05) is 13.0 Å². The van der Waals surface area contributed by atoms with Gasteiger partial charge in [0.05, 0.1) is 12.7 Å². The fourth-order valence-electron chi connectivity index (χ4n) is 1.53. The molecule has 0 radical (unpaired) electrons. The topological polar surface area (TPSA) is 80.2 Å². The van der Waals surface area contributed by atoms with Crippen LogP contribution >= 0.6 is 0 Å². The molecule has 2 aromatic heterocycles. The summed E-state index contributed by atoms with van der Waals surface area (Å²) >= 11 is 0. The van der Waals surface area contributed by atoms with Crippen LogP contribution in [-0.2, 0) is 0 Å². The van der Waals surface area contributed by atoms with Crippen molar-refractivity contribution in [3.8, 4) is 5.88 Å². The highest BCUT2D eigenvalue weighted by atomic mass is 16.5. The maximum atomic E-state index is 9.97. The van der Waals surface area contributed by atoms with Gasteiger partial charge in [0.15, 0.2) is 0 Å². The molecule has 0 amide bonds. The Morgan fingerprint density at radius 3 is 3.00 bits per heavy atom. The lowest BCUT2D eigenvalue weighted by molar-refractivity contribution is 0.191. The predicted octanol–water partition coefficient (Wildman–Crippen LogP) is 1.42. The summed E-state index contributed by atoms with van der Waals surface area (Å²) in [5, 5.41) is 12.9. The van der Waals surface area contributed by atoms with Crippen molar-refractivity contribution < 1.29 is 9.84 Å². The summed E-state index contributed by atoms with van der Waals surface area (Å²) in [6.45, 7) is 2.75. The summed E-state index contributed by atoms with van der Waals surface area (Å²) in [7, 11) is 0. The number of rotatable bonds is 6. The zero-order valence-electron chi connectivity index (χ0n) is 10.7. The van der Waals surface area contributed by atoms with Crippen molar-refractivity contribution in [2.24, 2.45) is 0 Å². The minimum Gasteiger partial charge on any atom is -0.478 e. The van der Waals surface area contributed by atoms with Gasteiger partial charge in [-0.1, -0.05) is 6.07 Å². The molecule has 2 rings (SSSR count). The van der Waals surface area contributed by atoms with Gasteiger partial charge in [-0.25, -0.2) is 4.98 Å². The Labute approximate surface area is 111 Å². The Kier molecular flexibility index (Phi) is 4.63. The van der Waals surface area contributed by atoms with Gasteiger partial charge in [-0.15, -0.1) is 0 Å². The van der Waals surface area contributed by atoms with Gasteiger partial charge in [0.2, 0.25) is 11.8 Å². The first-order valence-electron chi connectivity index (χ1n) is 6.07. The van der Waals surface area contributed by atoms with Crippen LogP contribution in [-0.4, -0.2) is 33.2 Å². The maximum absolute atomic E-state index is 9.97. The summed E-state index contributed by atoms with van der Waals surface area (Å²) in [5.41, 5.74) is 0.746. The molecule has 0 saturated heterocycles. The SMILES string of the molecule is CCOc1ccnc(NCC(O)c2cccnc2)n1. The van der Waals surface area contributed by atoms with Gasteiger partial charge in [-0.3, -0.25) is 4.98 Å². The zero-order chi connectivity index (χ0) is 13.5. The molecule has 6 nitrogen and oxygen atoms in total. The Morgan fingerprint density at radius 2 is 2.26 bits per heavy atom. The number of hydrogen-bond donors (Lipinski definition) is 2. The molecule has 0 aliphatic rings. The van der Waals surface area contributed by atoms with Gasteiger partial charge in [-0.2, -0.15) is 4.98 Å². The van der Waals surface area contributed by atoms with Gasteiger partial charge in [0.1, 0.15) is 0 Å². The molecule has 2 N–H and O–H groups in total. The Bertz CT molecular complexity index is 507. The van der Waals surface area contributed by atoms with Crippen molar-refractivity contribution in [1.29, 1.82) is 0 Å². The van der Waals surface area contributed by atoms with Crippen LogP contribution < -0.4 is 10.1 Å². The van der Waals surface area contributed by atoms with Crippen LogP contribution in [0, 0.1) is 0 Å². The number of aliphatic hydroxyl groups excluding tert-OH is 1. The molecule has 0 saturated carbocycles. The lowest BCUT2D eigenvalue weighted by Crippen LogP contribution is -2.14. The summed E-state index contributed by atoms with van der Waals surface area (Å²) in [6, 6.07) is 5.29. The number of anilines is 1. The van der Waals surface area contributed by atoms with Crippen molar-refractivity contribution in [2.75, 3.05) is 18.5 Å². The highest BCUT2D eigenvalue weighted by Gasteiger charge is 2.08. The molecule has 19 heavy (non-hydrogen) atoms. The number of hydrogen-bond acceptors (Lipinski definition) is 6. The Morgan fingerprint density at radius 1 is 1.37 bits per heavy atom. The second kappa shape index (κ2) is 6.65. The first-order chi connectivity index (χ1) is 9.29. The molecule has 1 unspecified atom stereocenters. The van der Waals surface area contributed by atoms with Gasteiger partial charge in [0.25, 0.3) is 0 Å². The standard InChI is InChI=1S/C13H16N4O2/c1-2-19-12-5-7-15-13(17-12)16-9-11(18)10-4-3-6-14-8-10/h3-8,11,18H,2,9H2,1H3,(H,15,16,17). The summed E-state index contributed by atoms with van der Waals surface area (Å²) in [5.74, 6) is 0.935. The number of pyridine rings is 1. The lowest BCUT2D eigenvalue weighted by atomic mass is 10.2. The zero-order valence-corrected chi connectivity index (χ0v) is 10.7. The molecule has 0 fully saturated rings. The Balaban J connectivity index is 1.93. The van der Waals surface area contributed by atoms with Crippen LogP contribution in [0.3, 0.4) is 0 Å². The van der Waals surface area contributed by atoms with Crippen LogP contribution in [0.5, 0.6) is 5.88 Å². The molecule has 1 atom stereocenters. The van der Waals surface area contributed by atoms with Crippen molar-refractivity contribution >= 4 is 5.95 Å². The lowest BCUT2D eigenvalue weighted by Gasteiger charge is -2.12. The van der Waals surface area contributed by atoms with Crippen LogP contribution in [0.2, 0.25) is 0 Å². The number of aromatic nitrogens is 3. The van der Waals surface area contributed by atoms with Crippen LogP contribution in [0.4, 0.5) is 5.95 Å². The third kappa shape index (κ3) is 3.89. The average molecular weight is 260 g/mol. The molecule has 0 aliphatic carbocycles. The van der Waals surface area contributed by atoms with E-state index in [2.05, 4.69) is 20.3 Å². The van der Waals surface area contributed by atoms with Crippen LogP contribution in [0.1, 0.15) is 18.6 Å². The smallest absolute Gasteiger partial charge is 0.226 e. The first-order valence-corrected chi connectivity index (χ1v) is 6.07. The second-order valence-electron chi connectivity index (χ2n) is 3.83. The number of ether oxygens (including phenoxy) is 1. The Hall–Kier alpha value is -2.21. The molecular formula is C13H16N4O2. The van der Waals surface area contributed by atoms with E-state index in [-0.39, 0.29) is 0 Å². The predicted molar refractivity (Wildman–Crippen MR) is 70.9 cm³/mol. The monoisotopic (exact) mass is 260 g/mol. The van der Waals surface area contributed by atoms with E-state index in [0.29, 0.717) is 25.0 Å². The summed E-state index contributed by atoms with van der Waals surface area (Å²) < 4.78 is 5.27. The van der Waals surface area contributed by atoms with Crippen LogP contribution in [0.25, 0.3) is 0 Å². The highest BCUT2D eigenvalue weighted by molar-refractivity contribution is 5.28. The molecule has 0 spiro atoms. The van der Waals surface area contributed by atoms with Gasteiger partial charge >= 0.3 is 0 Å². The van der Waals surface area contributed by atoms with Crippen molar-refractivity contribution in [3.05, 3.63) is 42.4 Å². The fraction of sp³-hybridized carbons (Fsp3) is 0.308. The van der Waals surface area contributed by atoms with E-state index in [0.717, 1.165) is 5.56 Å². The van der Waals surface area contributed by atoms with E-state index in [1.54, 1.807) is 30.7 Å². The molecule has 0 aromatic carbocycles. The molecule has 2 heterocycles. The molecule has 0 bridgehead atoms. The molecule has 2 aromatic rings. The summed E-state index contributed by atoms with van der Waals surface area (Å²) in [6.07, 6.45) is 4.24. The number of aliphatic hydroxyl groups is 1. The minimum absolute atomic E-state index is 0.307.